The minimum atomic E-state index is -0.850. The highest BCUT2D eigenvalue weighted by Gasteiger charge is 2.44. The minimum Gasteiger partial charge on any atom is -0.394 e. The first-order chi connectivity index (χ1) is 7.91. The SMILES string of the molecule is COCO[C@H](CO)[C@H]1OC(C)(C)O[C@@H](C)[C@H]1O. The predicted molar refractivity (Wildman–Crippen MR) is 59.3 cm³/mol. The van der Waals surface area contributed by atoms with Gasteiger partial charge < -0.3 is 29.2 Å². The Kier molecular flexibility index (Phi) is 5.30. The Labute approximate surface area is 101 Å². The summed E-state index contributed by atoms with van der Waals surface area (Å²) in [5, 5.41) is 19.3. The molecule has 2 N–H and O–H groups in total. The van der Waals surface area contributed by atoms with Crippen LogP contribution < -0.4 is 0 Å². The lowest BCUT2D eigenvalue weighted by Gasteiger charge is -2.44. The lowest BCUT2D eigenvalue weighted by Crippen LogP contribution is -2.58. The van der Waals surface area contributed by atoms with Crippen molar-refractivity contribution >= 4 is 0 Å². The van der Waals surface area contributed by atoms with Gasteiger partial charge in [-0.05, 0) is 20.8 Å². The molecule has 0 saturated carbocycles. The lowest BCUT2D eigenvalue weighted by molar-refractivity contribution is -0.347. The maximum absolute atomic E-state index is 9.99. The molecule has 0 unspecified atom stereocenters. The molecule has 1 fully saturated rings. The summed E-state index contributed by atoms with van der Waals surface area (Å²) < 4.78 is 21.1. The van der Waals surface area contributed by atoms with E-state index in [2.05, 4.69) is 0 Å². The van der Waals surface area contributed by atoms with Crippen LogP contribution in [0.3, 0.4) is 0 Å². The van der Waals surface area contributed by atoms with E-state index in [1.54, 1.807) is 20.8 Å². The summed E-state index contributed by atoms with van der Waals surface area (Å²) in [5.74, 6) is -0.812. The average Bonchev–Trinajstić information content (AvgIpc) is 2.25. The van der Waals surface area contributed by atoms with Gasteiger partial charge >= 0.3 is 0 Å². The number of rotatable bonds is 5. The summed E-state index contributed by atoms with van der Waals surface area (Å²) in [7, 11) is 1.49. The van der Waals surface area contributed by atoms with E-state index in [9.17, 15) is 10.2 Å². The van der Waals surface area contributed by atoms with Gasteiger partial charge in [0.15, 0.2) is 5.79 Å². The number of hydrogen-bond donors (Lipinski definition) is 2. The second-order valence-electron chi connectivity index (χ2n) is 4.59. The van der Waals surface area contributed by atoms with Crippen LogP contribution in [0.1, 0.15) is 20.8 Å². The summed E-state index contributed by atoms with van der Waals surface area (Å²) in [6, 6.07) is 0. The van der Waals surface area contributed by atoms with Crippen LogP contribution >= 0.6 is 0 Å². The molecule has 1 aliphatic heterocycles. The molecule has 0 amide bonds. The van der Waals surface area contributed by atoms with Crippen molar-refractivity contribution < 1.29 is 29.2 Å². The van der Waals surface area contributed by atoms with E-state index in [-0.39, 0.29) is 19.5 Å². The molecule has 4 atom stereocenters. The summed E-state index contributed by atoms with van der Waals surface area (Å²) in [5.41, 5.74) is 0. The van der Waals surface area contributed by atoms with Gasteiger partial charge in [0.2, 0.25) is 0 Å². The summed E-state index contributed by atoms with van der Waals surface area (Å²) >= 11 is 0. The highest BCUT2D eigenvalue weighted by Crippen LogP contribution is 2.29. The molecule has 102 valence electrons. The Morgan fingerprint density at radius 3 is 2.53 bits per heavy atom. The molecule has 17 heavy (non-hydrogen) atoms. The summed E-state index contributed by atoms with van der Waals surface area (Å²) in [6.45, 7) is 5.05. The van der Waals surface area contributed by atoms with Crippen molar-refractivity contribution in [2.75, 3.05) is 20.5 Å². The second kappa shape index (κ2) is 6.08. The van der Waals surface area contributed by atoms with E-state index < -0.39 is 24.1 Å². The molecular weight excluding hydrogens is 228 g/mol. The van der Waals surface area contributed by atoms with Gasteiger partial charge in [0.1, 0.15) is 25.1 Å². The molecule has 0 aliphatic carbocycles. The molecule has 6 heteroatoms. The van der Waals surface area contributed by atoms with E-state index in [1.807, 2.05) is 0 Å². The van der Waals surface area contributed by atoms with Crippen LogP contribution in [-0.2, 0) is 18.9 Å². The van der Waals surface area contributed by atoms with Crippen molar-refractivity contribution in [1.82, 2.24) is 0 Å². The maximum atomic E-state index is 9.99. The van der Waals surface area contributed by atoms with Crippen LogP contribution in [0.15, 0.2) is 0 Å². The van der Waals surface area contributed by atoms with Gasteiger partial charge in [0, 0.05) is 7.11 Å². The van der Waals surface area contributed by atoms with Crippen LogP contribution in [0, 0.1) is 0 Å². The fraction of sp³-hybridized carbons (Fsp3) is 1.00. The maximum Gasteiger partial charge on any atom is 0.163 e. The predicted octanol–water partition coefficient (Wildman–Crippen LogP) is -0.131. The van der Waals surface area contributed by atoms with Crippen molar-refractivity contribution in [3.63, 3.8) is 0 Å². The topological polar surface area (TPSA) is 77.4 Å². The molecule has 1 saturated heterocycles. The fourth-order valence-electron chi connectivity index (χ4n) is 1.91. The average molecular weight is 250 g/mol. The van der Waals surface area contributed by atoms with Crippen LogP contribution in [-0.4, -0.2) is 60.9 Å². The molecule has 6 nitrogen and oxygen atoms in total. The summed E-state index contributed by atoms with van der Waals surface area (Å²) in [4.78, 5) is 0. The third-order valence-electron chi connectivity index (χ3n) is 2.65. The van der Waals surface area contributed by atoms with E-state index in [4.69, 9.17) is 18.9 Å². The molecule has 0 aromatic rings. The van der Waals surface area contributed by atoms with E-state index in [0.717, 1.165) is 0 Å². The first-order valence-corrected chi connectivity index (χ1v) is 5.66. The molecule has 1 rings (SSSR count). The highest BCUT2D eigenvalue weighted by atomic mass is 16.7. The number of ether oxygens (including phenoxy) is 4. The van der Waals surface area contributed by atoms with E-state index >= 15 is 0 Å². The molecule has 0 radical (unpaired) electrons. The van der Waals surface area contributed by atoms with Crippen LogP contribution in [0.25, 0.3) is 0 Å². The molecule has 0 aromatic carbocycles. The van der Waals surface area contributed by atoms with Crippen LogP contribution in [0.2, 0.25) is 0 Å². The van der Waals surface area contributed by atoms with E-state index in [0.29, 0.717) is 0 Å². The van der Waals surface area contributed by atoms with Gasteiger partial charge in [0.05, 0.1) is 12.7 Å². The Morgan fingerprint density at radius 2 is 2.00 bits per heavy atom. The van der Waals surface area contributed by atoms with Crippen LogP contribution in [0.4, 0.5) is 0 Å². The third-order valence-corrected chi connectivity index (χ3v) is 2.65. The first kappa shape index (κ1) is 14.8. The number of aliphatic hydroxyl groups excluding tert-OH is 2. The third kappa shape index (κ3) is 3.87. The standard InChI is InChI=1S/C11H22O6/c1-7-9(13)10(17-11(2,3)16-7)8(5-12)15-6-14-4/h7-10,12-13H,5-6H2,1-4H3/t7-,8+,9+,10+/m0/s1. The van der Waals surface area contributed by atoms with Crippen molar-refractivity contribution in [3.8, 4) is 0 Å². The Balaban J connectivity index is 2.70. The van der Waals surface area contributed by atoms with Gasteiger partial charge in [0.25, 0.3) is 0 Å². The van der Waals surface area contributed by atoms with Crippen molar-refractivity contribution in [2.45, 2.75) is 51.0 Å². The van der Waals surface area contributed by atoms with Gasteiger partial charge in [-0.1, -0.05) is 0 Å². The smallest absolute Gasteiger partial charge is 0.163 e. The molecular formula is C11H22O6. The summed E-state index contributed by atoms with van der Waals surface area (Å²) in [6.07, 6.45) is -2.52. The van der Waals surface area contributed by atoms with Gasteiger partial charge in [-0.25, -0.2) is 0 Å². The Morgan fingerprint density at radius 1 is 1.35 bits per heavy atom. The van der Waals surface area contributed by atoms with Crippen molar-refractivity contribution in [2.24, 2.45) is 0 Å². The van der Waals surface area contributed by atoms with E-state index in [1.165, 1.54) is 7.11 Å². The number of hydrogen-bond acceptors (Lipinski definition) is 6. The molecule has 0 spiro atoms. The second-order valence-corrected chi connectivity index (χ2v) is 4.59. The normalized spacial score (nSPS) is 34.6. The first-order valence-electron chi connectivity index (χ1n) is 5.66. The van der Waals surface area contributed by atoms with Gasteiger partial charge in [-0.3, -0.25) is 0 Å². The highest BCUT2D eigenvalue weighted by molar-refractivity contribution is 4.87. The lowest BCUT2D eigenvalue weighted by atomic mass is 10.0. The number of methoxy groups -OCH3 is 1. The van der Waals surface area contributed by atoms with Gasteiger partial charge in [-0.15, -0.1) is 0 Å². The molecule has 0 bridgehead atoms. The largest absolute Gasteiger partial charge is 0.394 e. The number of aliphatic hydroxyl groups is 2. The Bertz CT molecular complexity index is 232. The van der Waals surface area contributed by atoms with Crippen LogP contribution in [0.5, 0.6) is 0 Å². The van der Waals surface area contributed by atoms with Crippen molar-refractivity contribution in [1.29, 1.82) is 0 Å². The monoisotopic (exact) mass is 250 g/mol. The van der Waals surface area contributed by atoms with Crippen molar-refractivity contribution in [3.05, 3.63) is 0 Å². The zero-order valence-corrected chi connectivity index (χ0v) is 10.8. The minimum absolute atomic E-state index is 0.0352. The molecule has 0 aromatic heterocycles. The molecule has 1 aliphatic rings. The van der Waals surface area contributed by atoms with Gasteiger partial charge in [-0.2, -0.15) is 0 Å². The zero-order chi connectivity index (χ0) is 13.1. The Hall–Kier alpha value is -0.240. The fourth-order valence-corrected chi connectivity index (χ4v) is 1.91. The zero-order valence-electron chi connectivity index (χ0n) is 10.8. The quantitative estimate of drug-likeness (QED) is 0.662. The molecule has 1 heterocycles.